The molecule has 4 heteroatoms. The maximum atomic E-state index is 11.3. The average molecular weight is 234 g/mol. The third-order valence-corrected chi connectivity index (χ3v) is 3.50. The maximum absolute atomic E-state index is 11.3. The van der Waals surface area contributed by atoms with E-state index in [1.54, 1.807) is 11.5 Å². The summed E-state index contributed by atoms with van der Waals surface area (Å²) in [6, 6.07) is 6.18. The van der Waals surface area contributed by atoms with Gasteiger partial charge in [-0.15, -0.1) is 0 Å². The Morgan fingerprint density at radius 2 is 2.18 bits per heavy atom. The predicted octanol–water partition coefficient (Wildman–Crippen LogP) is 1.22. The molecule has 92 valence electrons. The van der Waals surface area contributed by atoms with Crippen LogP contribution in [0.15, 0.2) is 18.2 Å². The minimum atomic E-state index is -0.445. The van der Waals surface area contributed by atoms with Gasteiger partial charge in [-0.05, 0) is 56.6 Å². The number of fused-ring (bicyclic) bond motifs is 1. The minimum Gasteiger partial charge on any atom is -0.306 e. The van der Waals surface area contributed by atoms with Crippen LogP contribution < -0.4 is 5.48 Å². The molecule has 1 aromatic rings. The summed E-state index contributed by atoms with van der Waals surface area (Å²) in [6.45, 7) is 0. The molecule has 0 radical (unpaired) electrons. The van der Waals surface area contributed by atoms with Gasteiger partial charge in [0.25, 0.3) is 5.91 Å². The number of benzene rings is 1. The van der Waals surface area contributed by atoms with Crippen molar-refractivity contribution in [2.75, 3.05) is 14.1 Å². The largest absolute Gasteiger partial charge is 0.306 e. The van der Waals surface area contributed by atoms with Crippen molar-refractivity contribution in [1.82, 2.24) is 10.4 Å². The van der Waals surface area contributed by atoms with Gasteiger partial charge in [0.2, 0.25) is 0 Å². The summed E-state index contributed by atoms with van der Waals surface area (Å²) >= 11 is 0. The smallest absolute Gasteiger partial charge is 0.274 e. The molecule has 0 fully saturated rings. The Kier molecular flexibility index (Phi) is 3.45. The molecule has 2 N–H and O–H groups in total. The summed E-state index contributed by atoms with van der Waals surface area (Å²) in [4.78, 5) is 13.6. The first-order valence-electron chi connectivity index (χ1n) is 5.84. The van der Waals surface area contributed by atoms with Crippen LogP contribution in [-0.4, -0.2) is 36.2 Å². The van der Waals surface area contributed by atoms with Gasteiger partial charge in [-0.3, -0.25) is 10.0 Å². The van der Waals surface area contributed by atoms with Gasteiger partial charge in [0.05, 0.1) is 0 Å². The summed E-state index contributed by atoms with van der Waals surface area (Å²) in [6.07, 6.45) is 3.18. The summed E-state index contributed by atoms with van der Waals surface area (Å²) < 4.78 is 0. The van der Waals surface area contributed by atoms with Crippen LogP contribution in [0, 0.1) is 0 Å². The first-order valence-corrected chi connectivity index (χ1v) is 5.84. The van der Waals surface area contributed by atoms with Gasteiger partial charge in [-0.1, -0.05) is 6.07 Å². The molecule has 17 heavy (non-hydrogen) atoms. The summed E-state index contributed by atoms with van der Waals surface area (Å²) in [5.41, 5.74) is 4.73. The number of amides is 1. The molecule has 2 rings (SSSR count). The number of carbonyl (C=O) groups excluding carboxylic acids is 1. The molecule has 1 amide bonds. The van der Waals surface area contributed by atoms with Crippen molar-refractivity contribution in [3.63, 3.8) is 0 Å². The van der Waals surface area contributed by atoms with Crippen LogP contribution in [0.25, 0.3) is 0 Å². The molecule has 1 aromatic carbocycles. The highest BCUT2D eigenvalue weighted by atomic mass is 16.5. The van der Waals surface area contributed by atoms with Gasteiger partial charge in [0, 0.05) is 11.6 Å². The van der Waals surface area contributed by atoms with E-state index in [0.717, 1.165) is 19.3 Å². The molecule has 0 spiro atoms. The van der Waals surface area contributed by atoms with Crippen LogP contribution in [0.2, 0.25) is 0 Å². The summed E-state index contributed by atoms with van der Waals surface area (Å²) in [5.74, 6) is -0.445. The number of hydroxylamine groups is 1. The fraction of sp³-hybridized carbons (Fsp3) is 0.462. The van der Waals surface area contributed by atoms with Crippen LogP contribution in [-0.2, 0) is 12.8 Å². The van der Waals surface area contributed by atoms with Crippen molar-refractivity contribution >= 4 is 5.91 Å². The summed E-state index contributed by atoms with van der Waals surface area (Å²) in [7, 11) is 4.17. The second kappa shape index (κ2) is 4.85. The fourth-order valence-corrected chi connectivity index (χ4v) is 2.38. The molecule has 1 atom stereocenters. The van der Waals surface area contributed by atoms with Gasteiger partial charge in [-0.25, -0.2) is 5.48 Å². The van der Waals surface area contributed by atoms with E-state index in [9.17, 15) is 4.79 Å². The number of nitrogens with zero attached hydrogens (tertiary/aromatic N) is 1. The molecule has 0 heterocycles. The van der Waals surface area contributed by atoms with Gasteiger partial charge in [0.1, 0.15) is 0 Å². The third kappa shape index (κ3) is 2.48. The second-order valence-corrected chi connectivity index (χ2v) is 4.78. The van der Waals surface area contributed by atoms with Crippen molar-refractivity contribution in [3.8, 4) is 0 Å². The van der Waals surface area contributed by atoms with Crippen LogP contribution in [0.3, 0.4) is 0 Å². The lowest BCUT2D eigenvalue weighted by Crippen LogP contribution is -2.33. The molecule has 0 aliphatic heterocycles. The van der Waals surface area contributed by atoms with Crippen LogP contribution >= 0.6 is 0 Å². The highest BCUT2D eigenvalue weighted by molar-refractivity contribution is 5.93. The number of likely N-dealkylation sites (N-methyl/N-ethyl adjacent to an activating group) is 1. The van der Waals surface area contributed by atoms with Gasteiger partial charge in [0.15, 0.2) is 0 Å². The van der Waals surface area contributed by atoms with E-state index in [0.29, 0.717) is 11.6 Å². The second-order valence-electron chi connectivity index (χ2n) is 4.78. The van der Waals surface area contributed by atoms with E-state index in [4.69, 9.17) is 5.21 Å². The van der Waals surface area contributed by atoms with Gasteiger partial charge >= 0.3 is 0 Å². The normalized spacial score (nSPS) is 18.9. The van der Waals surface area contributed by atoms with E-state index in [1.165, 1.54) is 11.1 Å². The molecular formula is C13H18N2O2. The van der Waals surface area contributed by atoms with Crippen molar-refractivity contribution in [1.29, 1.82) is 0 Å². The number of carbonyl (C=O) groups is 1. The van der Waals surface area contributed by atoms with Crippen molar-refractivity contribution in [2.24, 2.45) is 0 Å². The lowest BCUT2D eigenvalue weighted by Gasteiger charge is -2.30. The number of aryl methyl sites for hydroxylation is 1. The van der Waals surface area contributed by atoms with Crippen LogP contribution in [0.5, 0.6) is 0 Å². The Balaban J connectivity index is 2.26. The topological polar surface area (TPSA) is 52.6 Å². The molecule has 0 aromatic heterocycles. The van der Waals surface area contributed by atoms with E-state index < -0.39 is 5.91 Å². The molecule has 0 bridgehead atoms. The zero-order valence-corrected chi connectivity index (χ0v) is 10.2. The lowest BCUT2D eigenvalue weighted by atomic mass is 9.86. The molecule has 1 unspecified atom stereocenters. The van der Waals surface area contributed by atoms with Crippen molar-refractivity contribution in [3.05, 3.63) is 34.9 Å². The summed E-state index contributed by atoms with van der Waals surface area (Å²) in [5, 5.41) is 8.62. The first kappa shape index (κ1) is 12.1. The highest BCUT2D eigenvalue weighted by Gasteiger charge is 2.21. The van der Waals surface area contributed by atoms with Gasteiger partial charge in [-0.2, -0.15) is 0 Å². The maximum Gasteiger partial charge on any atom is 0.274 e. The quantitative estimate of drug-likeness (QED) is 0.597. The minimum absolute atomic E-state index is 0.445. The molecule has 1 aliphatic carbocycles. The fourth-order valence-electron chi connectivity index (χ4n) is 2.38. The zero-order chi connectivity index (χ0) is 12.4. The van der Waals surface area contributed by atoms with Crippen LogP contribution in [0.1, 0.15) is 27.9 Å². The zero-order valence-electron chi connectivity index (χ0n) is 10.2. The highest BCUT2D eigenvalue weighted by Crippen LogP contribution is 2.24. The van der Waals surface area contributed by atoms with Crippen molar-refractivity contribution < 1.29 is 10.0 Å². The van der Waals surface area contributed by atoms with Crippen LogP contribution in [0.4, 0.5) is 0 Å². The molecule has 0 saturated heterocycles. The number of hydrogen-bond donors (Lipinski definition) is 2. The monoisotopic (exact) mass is 234 g/mol. The standard InChI is InChI=1S/C13H18N2O2/c1-15(2)12-6-5-9-3-4-10(13(16)14-17)7-11(9)8-12/h3-4,7,12,17H,5-6,8H2,1-2H3,(H,14,16). The Labute approximate surface area is 101 Å². The number of nitrogens with one attached hydrogen (secondary N) is 1. The average Bonchev–Trinajstić information content (AvgIpc) is 2.36. The number of hydrogen-bond acceptors (Lipinski definition) is 3. The van der Waals surface area contributed by atoms with E-state index in [1.807, 2.05) is 12.1 Å². The first-order chi connectivity index (χ1) is 8.11. The predicted molar refractivity (Wildman–Crippen MR) is 65.2 cm³/mol. The Morgan fingerprint density at radius 3 is 2.82 bits per heavy atom. The molecular weight excluding hydrogens is 216 g/mol. The van der Waals surface area contributed by atoms with Gasteiger partial charge < -0.3 is 4.90 Å². The SMILES string of the molecule is CN(C)C1CCc2ccc(C(=O)NO)cc2C1. The van der Waals surface area contributed by atoms with E-state index in [-0.39, 0.29) is 0 Å². The van der Waals surface area contributed by atoms with Crippen molar-refractivity contribution in [2.45, 2.75) is 25.3 Å². The third-order valence-electron chi connectivity index (χ3n) is 3.50. The molecule has 0 saturated carbocycles. The number of rotatable bonds is 2. The molecule has 1 aliphatic rings. The Morgan fingerprint density at radius 1 is 1.41 bits per heavy atom. The Hall–Kier alpha value is -1.39. The van der Waals surface area contributed by atoms with E-state index in [2.05, 4.69) is 19.0 Å². The van der Waals surface area contributed by atoms with E-state index >= 15 is 0 Å². The Bertz CT molecular complexity index is 429. The lowest BCUT2D eigenvalue weighted by molar-refractivity contribution is 0.0706. The molecule has 4 nitrogen and oxygen atoms in total.